The summed E-state index contributed by atoms with van der Waals surface area (Å²) in [6, 6.07) is 13.4. The maximum absolute atomic E-state index is 13.0. The van der Waals surface area contributed by atoms with Crippen molar-refractivity contribution in [2.45, 2.75) is 32.6 Å². The molecule has 0 saturated carbocycles. The minimum atomic E-state index is -0.240. The highest BCUT2D eigenvalue weighted by atomic mass is 16.2. The zero-order valence-corrected chi connectivity index (χ0v) is 22.9. The second kappa shape index (κ2) is 11.2. The van der Waals surface area contributed by atoms with Crippen LogP contribution in [0, 0.1) is 6.92 Å². The van der Waals surface area contributed by atoms with Crippen molar-refractivity contribution in [3.8, 4) is 0 Å². The number of aromatic nitrogens is 3. The second-order valence-corrected chi connectivity index (χ2v) is 10.0. The molecule has 1 saturated heterocycles. The predicted octanol–water partition coefficient (Wildman–Crippen LogP) is 5.15. The molecular formula is C30H35N7O2. The monoisotopic (exact) mass is 525 g/mol. The quantitative estimate of drug-likeness (QED) is 0.362. The van der Waals surface area contributed by atoms with E-state index in [-0.39, 0.29) is 11.9 Å². The minimum absolute atomic E-state index is 0.179. The molecule has 1 fully saturated rings. The first-order valence-electron chi connectivity index (χ1n) is 13.4. The lowest BCUT2D eigenvalue weighted by molar-refractivity contribution is 0.102. The number of fused-ring (bicyclic) bond motifs is 1. The molecule has 202 valence electrons. The Morgan fingerprint density at radius 2 is 1.87 bits per heavy atom. The lowest BCUT2D eigenvalue weighted by Gasteiger charge is -2.30. The van der Waals surface area contributed by atoms with E-state index in [9.17, 15) is 9.59 Å². The summed E-state index contributed by atoms with van der Waals surface area (Å²) in [6.45, 7) is 7.49. The van der Waals surface area contributed by atoms with E-state index >= 15 is 0 Å². The van der Waals surface area contributed by atoms with E-state index in [2.05, 4.69) is 38.5 Å². The number of rotatable bonds is 6. The van der Waals surface area contributed by atoms with E-state index < -0.39 is 0 Å². The van der Waals surface area contributed by atoms with Gasteiger partial charge in [-0.05, 0) is 81.4 Å². The second-order valence-electron chi connectivity index (χ2n) is 10.0. The molecular weight excluding hydrogens is 490 g/mol. The Bertz CT molecular complexity index is 1490. The maximum Gasteiger partial charge on any atom is 0.325 e. The molecule has 0 atom stereocenters. The summed E-state index contributed by atoms with van der Waals surface area (Å²) in [5.74, 6) is 0.670. The molecule has 5 rings (SSSR count). The Kier molecular flexibility index (Phi) is 7.60. The molecule has 0 radical (unpaired) electrons. The Morgan fingerprint density at radius 1 is 1.08 bits per heavy atom. The van der Waals surface area contributed by atoms with E-state index in [1.165, 1.54) is 0 Å². The van der Waals surface area contributed by atoms with E-state index in [1.54, 1.807) is 30.2 Å². The number of benzene rings is 1. The van der Waals surface area contributed by atoms with Crippen molar-refractivity contribution in [2.75, 3.05) is 43.9 Å². The number of anilines is 3. The highest BCUT2D eigenvalue weighted by Crippen LogP contribution is 2.32. The predicted molar refractivity (Wildman–Crippen MR) is 155 cm³/mol. The first-order chi connectivity index (χ1) is 18.9. The third-order valence-electron chi connectivity index (χ3n) is 7.68. The molecule has 0 bridgehead atoms. The summed E-state index contributed by atoms with van der Waals surface area (Å²) in [5.41, 5.74) is 5.29. The van der Waals surface area contributed by atoms with Crippen LogP contribution >= 0.6 is 0 Å². The van der Waals surface area contributed by atoms with Crippen LogP contribution in [0.1, 0.15) is 47.3 Å². The average Bonchev–Trinajstić information content (AvgIpc) is 3.38. The largest absolute Gasteiger partial charge is 0.344 e. The molecule has 2 N–H and O–H groups in total. The van der Waals surface area contributed by atoms with Crippen molar-refractivity contribution in [3.63, 3.8) is 0 Å². The van der Waals surface area contributed by atoms with Crippen LogP contribution in [0.4, 0.5) is 22.0 Å². The van der Waals surface area contributed by atoms with Gasteiger partial charge in [-0.1, -0.05) is 6.92 Å². The van der Waals surface area contributed by atoms with Crippen molar-refractivity contribution >= 4 is 40.0 Å². The number of carbonyl (C=O) groups is 2. The molecule has 4 heterocycles. The lowest BCUT2D eigenvalue weighted by atomic mass is 9.93. The van der Waals surface area contributed by atoms with Crippen LogP contribution in [0.3, 0.4) is 0 Å². The molecule has 9 nitrogen and oxygen atoms in total. The number of aryl methyl sites for hydroxylation is 1. The number of piperidine rings is 1. The van der Waals surface area contributed by atoms with Crippen molar-refractivity contribution in [2.24, 2.45) is 0 Å². The SMILES string of the molecule is CCN1CCC(c2ccc(C(=O)Nc3cc(N(C)c4cc5ccn(C(=O)NC)c5cc4C)ccn3)cn2)CC1. The van der Waals surface area contributed by atoms with E-state index in [1.807, 2.05) is 55.3 Å². The van der Waals surface area contributed by atoms with Crippen molar-refractivity contribution in [1.82, 2.24) is 24.8 Å². The van der Waals surface area contributed by atoms with Gasteiger partial charge in [-0.25, -0.2) is 9.78 Å². The fourth-order valence-corrected chi connectivity index (χ4v) is 5.28. The summed E-state index contributed by atoms with van der Waals surface area (Å²) in [4.78, 5) is 38.6. The first-order valence-corrected chi connectivity index (χ1v) is 13.4. The highest BCUT2D eigenvalue weighted by molar-refractivity contribution is 6.03. The van der Waals surface area contributed by atoms with E-state index in [4.69, 9.17) is 0 Å². The van der Waals surface area contributed by atoms with Crippen LogP contribution in [0.25, 0.3) is 10.9 Å². The van der Waals surface area contributed by atoms with Gasteiger partial charge >= 0.3 is 6.03 Å². The van der Waals surface area contributed by atoms with Gasteiger partial charge in [0.1, 0.15) is 5.82 Å². The van der Waals surface area contributed by atoms with Gasteiger partial charge in [0.2, 0.25) is 0 Å². The first kappa shape index (κ1) is 26.4. The van der Waals surface area contributed by atoms with Crippen molar-refractivity contribution < 1.29 is 9.59 Å². The van der Waals surface area contributed by atoms with Gasteiger partial charge in [0, 0.05) is 67.1 Å². The smallest absolute Gasteiger partial charge is 0.325 e. The van der Waals surface area contributed by atoms with Crippen molar-refractivity contribution in [3.05, 3.63) is 77.9 Å². The molecule has 1 aliphatic rings. The van der Waals surface area contributed by atoms with Gasteiger partial charge in [0.15, 0.2) is 0 Å². The summed E-state index contributed by atoms with van der Waals surface area (Å²) < 4.78 is 1.60. The molecule has 3 aromatic heterocycles. The number of nitrogens with zero attached hydrogens (tertiary/aromatic N) is 5. The van der Waals surface area contributed by atoms with Crippen LogP contribution in [0.5, 0.6) is 0 Å². The van der Waals surface area contributed by atoms with Crippen molar-refractivity contribution in [1.29, 1.82) is 0 Å². The number of amides is 2. The van der Waals surface area contributed by atoms with Gasteiger partial charge in [-0.15, -0.1) is 0 Å². The average molecular weight is 526 g/mol. The minimum Gasteiger partial charge on any atom is -0.344 e. The topological polar surface area (TPSA) is 95.4 Å². The summed E-state index contributed by atoms with van der Waals surface area (Å²) in [6.07, 6.45) is 7.31. The molecule has 1 aliphatic heterocycles. The molecule has 2 amide bonds. The van der Waals surface area contributed by atoms with Crippen LogP contribution in [-0.4, -0.2) is 65.1 Å². The number of pyridine rings is 2. The number of nitrogens with one attached hydrogen (secondary N) is 2. The number of likely N-dealkylation sites (tertiary alicyclic amines) is 1. The van der Waals surface area contributed by atoms with Gasteiger partial charge in [-0.3, -0.25) is 14.3 Å². The zero-order chi connectivity index (χ0) is 27.5. The number of carbonyl (C=O) groups excluding carboxylic acids is 2. The van der Waals surface area contributed by atoms with Crippen LogP contribution in [-0.2, 0) is 0 Å². The molecule has 0 spiro atoms. The van der Waals surface area contributed by atoms with Crippen LogP contribution < -0.4 is 15.5 Å². The van der Waals surface area contributed by atoms with Crippen LogP contribution in [0.15, 0.2) is 61.1 Å². The third-order valence-corrected chi connectivity index (χ3v) is 7.68. The molecule has 9 heteroatoms. The third kappa shape index (κ3) is 5.49. The lowest BCUT2D eigenvalue weighted by Crippen LogP contribution is -2.32. The Balaban J connectivity index is 1.29. The molecule has 4 aromatic rings. The Labute approximate surface area is 228 Å². The molecule has 0 aliphatic carbocycles. The fourth-order valence-electron chi connectivity index (χ4n) is 5.28. The summed E-state index contributed by atoms with van der Waals surface area (Å²) >= 11 is 0. The maximum atomic E-state index is 13.0. The Hall–Kier alpha value is -4.24. The van der Waals surface area contributed by atoms with Gasteiger partial charge in [0.05, 0.1) is 11.1 Å². The normalized spacial score (nSPS) is 14.4. The fraction of sp³-hybridized carbons (Fsp3) is 0.333. The molecule has 0 unspecified atom stereocenters. The van der Waals surface area contributed by atoms with Gasteiger partial charge < -0.3 is 20.4 Å². The summed E-state index contributed by atoms with van der Waals surface area (Å²) in [7, 11) is 3.59. The standard InChI is InChI=1S/C30H35N7O2/c1-5-36-13-9-21(10-14-36)25-7-6-23(19-33-25)29(38)34-28-18-24(8-12-32-28)35(4)26-17-22-11-15-37(30(39)31-3)27(22)16-20(26)2/h6-8,11-12,15-19,21H,5,9-10,13-14H2,1-4H3,(H,31,39)(H,32,34,38). The molecule has 39 heavy (non-hydrogen) atoms. The zero-order valence-electron chi connectivity index (χ0n) is 22.9. The highest BCUT2D eigenvalue weighted by Gasteiger charge is 2.21. The number of hydrogen-bond donors (Lipinski definition) is 2. The Morgan fingerprint density at radius 3 is 2.56 bits per heavy atom. The number of hydrogen-bond acceptors (Lipinski definition) is 6. The van der Waals surface area contributed by atoms with Crippen LogP contribution in [0.2, 0.25) is 0 Å². The summed E-state index contributed by atoms with van der Waals surface area (Å²) in [5, 5.41) is 6.53. The van der Waals surface area contributed by atoms with E-state index in [0.717, 1.165) is 66.0 Å². The van der Waals surface area contributed by atoms with Gasteiger partial charge in [-0.2, -0.15) is 0 Å². The molecule has 1 aromatic carbocycles. The van der Waals surface area contributed by atoms with Gasteiger partial charge in [0.25, 0.3) is 5.91 Å². The van der Waals surface area contributed by atoms with E-state index in [0.29, 0.717) is 17.3 Å².